The molecule has 0 spiro atoms. The Bertz CT molecular complexity index is 1360. The number of para-hydroxylation sites is 1. The van der Waals surface area contributed by atoms with Gasteiger partial charge in [-0.25, -0.2) is 23.1 Å². The summed E-state index contributed by atoms with van der Waals surface area (Å²) in [7, 11) is -3.57. The zero-order valence-electron chi connectivity index (χ0n) is 18.0. The van der Waals surface area contributed by atoms with Gasteiger partial charge in [0.25, 0.3) is 0 Å². The van der Waals surface area contributed by atoms with Gasteiger partial charge in [-0.15, -0.1) is 0 Å². The van der Waals surface area contributed by atoms with Crippen molar-refractivity contribution in [3.8, 4) is 0 Å². The third-order valence-corrected chi connectivity index (χ3v) is 6.42. The number of nitrogen functional groups attached to an aromatic ring is 1. The van der Waals surface area contributed by atoms with Crippen molar-refractivity contribution in [1.29, 1.82) is 0 Å². The number of fused-ring (bicyclic) bond motifs is 3. The number of anilines is 1. The maximum atomic E-state index is 12.5. The first-order chi connectivity index (χ1) is 15.5. The van der Waals surface area contributed by atoms with Gasteiger partial charge in [0.2, 0.25) is 10.0 Å². The van der Waals surface area contributed by atoms with E-state index in [2.05, 4.69) is 21.2 Å². The van der Waals surface area contributed by atoms with Crippen LogP contribution in [0, 0.1) is 0 Å². The topological polar surface area (TPSA) is 103 Å². The van der Waals surface area contributed by atoms with E-state index in [1.807, 2.05) is 54.6 Å². The lowest BCUT2D eigenvalue weighted by molar-refractivity contribution is 0.578. The molecule has 166 valence electrons. The van der Waals surface area contributed by atoms with E-state index in [1.165, 1.54) is 5.41 Å². The molecule has 0 aliphatic rings. The van der Waals surface area contributed by atoms with Crippen molar-refractivity contribution in [2.45, 2.75) is 32.7 Å². The van der Waals surface area contributed by atoms with Crippen LogP contribution in [0.1, 0.15) is 31.2 Å². The van der Waals surface area contributed by atoms with E-state index < -0.39 is 10.0 Å². The Morgan fingerprint density at radius 3 is 2.59 bits per heavy atom. The van der Waals surface area contributed by atoms with E-state index in [1.54, 1.807) is 6.08 Å². The van der Waals surface area contributed by atoms with Gasteiger partial charge in [-0.3, -0.25) is 0 Å². The van der Waals surface area contributed by atoms with Crippen molar-refractivity contribution in [2.24, 2.45) is 0 Å². The summed E-state index contributed by atoms with van der Waals surface area (Å²) in [6.07, 6.45) is 4.40. The van der Waals surface area contributed by atoms with Crippen molar-refractivity contribution >= 4 is 43.9 Å². The maximum absolute atomic E-state index is 12.5. The number of hydrogen-bond donors (Lipinski definition) is 2. The normalized spacial score (nSPS) is 12.3. The molecule has 2 aromatic heterocycles. The van der Waals surface area contributed by atoms with Crippen LogP contribution in [0.25, 0.3) is 28.0 Å². The number of hydrogen-bond acceptors (Lipinski definition) is 5. The summed E-state index contributed by atoms with van der Waals surface area (Å²) < 4.78 is 29.7. The number of sulfonamides is 1. The number of aryl methyl sites for hydroxylation is 1. The van der Waals surface area contributed by atoms with E-state index >= 15 is 0 Å². The highest BCUT2D eigenvalue weighted by Gasteiger charge is 2.17. The van der Waals surface area contributed by atoms with Crippen molar-refractivity contribution < 1.29 is 8.42 Å². The Morgan fingerprint density at radius 1 is 1.06 bits per heavy atom. The number of unbranched alkanes of at least 4 members (excludes halogenated alkanes) is 1. The summed E-state index contributed by atoms with van der Waals surface area (Å²) in [5.74, 6) is 1.28. The van der Waals surface area contributed by atoms with Crippen molar-refractivity contribution in [3.63, 3.8) is 0 Å². The predicted octanol–water partition coefficient (Wildman–Crippen LogP) is 4.10. The van der Waals surface area contributed by atoms with Gasteiger partial charge in [-0.2, -0.15) is 0 Å². The quantitative estimate of drug-likeness (QED) is 0.400. The molecule has 0 unspecified atom stereocenters. The van der Waals surface area contributed by atoms with Crippen LogP contribution in [-0.4, -0.2) is 29.5 Å². The summed E-state index contributed by atoms with van der Waals surface area (Å²) in [6.45, 7) is 2.81. The average molecular weight is 450 g/mol. The summed E-state index contributed by atoms with van der Waals surface area (Å²) >= 11 is 0. The van der Waals surface area contributed by atoms with E-state index in [4.69, 9.17) is 10.7 Å². The van der Waals surface area contributed by atoms with Crippen LogP contribution in [-0.2, 0) is 23.0 Å². The Hall–Kier alpha value is -3.23. The molecule has 0 bridgehead atoms. The monoisotopic (exact) mass is 449 g/mol. The molecule has 7 nitrogen and oxygen atoms in total. The number of nitrogens with zero attached hydrogens (tertiary/aromatic N) is 3. The minimum absolute atomic E-state index is 0.239. The number of nitrogens with one attached hydrogen (secondary N) is 1. The fraction of sp³-hybridized carbons (Fsp3) is 0.250. The first kappa shape index (κ1) is 22.0. The molecule has 0 aliphatic heterocycles. The second-order valence-electron chi connectivity index (χ2n) is 7.65. The van der Waals surface area contributed by atoms with Gasteiger partial charge in [-0.1, -0.05) is 61.9 Å². The van der Waals surface area contributed by atoms with Gasteiger partial charge < -0.3 is 10.3 Å². The van der Waals surface area contributed by atoms with Crippen molar-refractivity contribution in [2.75, 3.05) is 12.3 Å². The average Bonchev–Trinajstić information content (AvgIpc) is 3.16. The molecule has 0 atom stereocenters. The van der Waals surface area contributed by atoms with Gasteiger partial charge in [-0.05, 0) is 24.1 Å². The highest BCUT2D eigenvalue weighted by Crippen LogP contribution is 2.29. The van der Waals surface area contributed by atoms with Crippen LogP contribution in [0.5, 0.6) is 0 Å². The molecule has 32 heavy (non-hydrogen) atoms. The van der Waals surface area contributed by atoms with Crippen LogP contribution in [0.3, 0.4) is 0 Å². The lowest BCUT2D eigenvalue weighted by Crippen LogP contribution is -2.26. The molecule has 8 heteroatoms. The molecule has 4 rings (SSSR count). The number of nitrogens with two attached hydrogens (primary N) is 1. The summed E-state index contributed by atoms with van der Waals surface area (Å²) in [4.78, 5) is 9.27. The first-order valence-corrected chi connectivity index (χ1v) is 12.3. The minimum Gasteiger partial charge on any atom is -0.382 e. The van der Waals surface area contributed by atoms with E-state index in [0.29, 0.717) is 17.9 Å². The molecule has 0 aliphatic carbocycles. The van der Waals surface area contributed by atoms with E-state index in [0.717, 1.165) is 47.1 Å². The Balaban J connectivity index is 1.62. The number of aromatic nitrogens is 3. The fourth-order valence-electron chi connectivity index (χ4n) is 3.75. The van der Waals surface area contributed by atoms with Crippen LogP contribution >= 0.6 is 0 Å². The number of imidazole rings is 1. The molecule has 3 N–H and O–H groups in total. The van der Waals surface area contributed by atoms with Crippen molar-refractivity contribution in [1.82, 2.24) is 19.3 Å². The van der Waals surface area contributed by atoms with Crippen LogP contribution in [0.2, 0.25) is 0 Å². The number of pyridine rings is 1. The Morgan fingerprint density at radius 2 is 1.81 bits per heavy atom. The van der Waals surface area contributed by atoms with E-state index in [-0.39, 0.29) is 6.54 Å². The molecule has 0 fully saturated rings. The number of benzene rings is 2. The smallest absolute Gasteiger partial charge is 0.233 e. The molecule has 2 heterocycles. The molecule has 2 aromatic carbocycles. The van der Waals surface area contributed by atoms with Crippen LogP contribution in [0.4, 0.5) is 5.82 Å². The van der Waals surface area contributed by atoms with E-state index in [9.17, 15) is 8.42 Å². The molecule has 0 radical (unpaired) electrons. The highest BCUT2D eigenvalue weighted by atomic mass is 32.2. The molecule has 0 saturated heterocycles. The fourth-order valence-corrected chi connectivity index (χ4v) is 4.56. The zero-order valence-corrected chi connectivity index (χ0v) is 18.8. The summed E-state index contributed by atoms with van der Waals surface area (Å²) in [5, 5.41) is 2.16. The van der Waals surface area contributed by atoms with Gasteiger partial charge in [0.15, 0.2) is 5.82 Å². The van der Waals surface area contributed by atoms with Crippen LogP contribution < -0.4 is 10.5 Å². The van der Waals surface area contributed by atoms with Gasteiger partial charge in [0.05, 0.1) is 11.0 Å². The van der Waals surface area contributed by atoms with Gasteiger partial charge in [0, 0.05) is 30.3 Å². The Labute approximate surface area is 188 Å². The molecular formula is C24H27N5O2S. The molecule has 0 saturated carbocycles. The molecule has 4 aromatic rings. The highest BCUT2D eigenvalue weighted by molar-refractivity contribution is 7.92. The second-order valence-corrected chi connectivity index (χ2v) is 9.30. The SMILES string of the molecule is CCCCc1nc2c(N)nc3ccccc3c2n1CCNS(=O)(=O)/C=C/c1ccccc1. The minimum atomic E-state index is -3.57. The zero-order chi connectivity index (χ0) is 22.6. The Kier molecular flexibility index (Phi) is 6.53. The van der Waals surface area contributed by atoms with Crippen LogP contribution in [0.15, 0.2) is 60.0 Å². The first-order valence-electron chi connectivity index (χ1n) is 10.7. The summed E-state index contributed by atoms with van der Waals surface area (Å²) in [5.41, 5.74) is 9.41. The lowest BCUT2D eigenvalue weighted by Gasteiger charge is -2.11. The predicted molar refractivity (Wildman–Crippen MR) is 130 cm³/mol. The molecule has 0 amide bonds. The largest absolute Gasteiger partial charge is 0.382 e. The molecular weight excluding hydrogens is 422 g/mol. The second kappa shape index (κ2) is 9.50. The standard InChI is InChI=1S/C24H27N5O2S/c1-2-3-13-21-28-22-23(19-11-7-8-12-20(19)27-24(22)25)29(21)16-15-26-32(30,31)17-14-18-9-5-4-6-10-18/h4-12,14,17,26H,2-3,13,15-16H2,1H3,(H2,25,27)/b17-14+. The lowest BCUT2D eigenvalue weighted by atomic mass is 10.2. The van der Waals surface area contributed by atoms with Gasteiger partial charge in [0.1, 0.15) is 11.3 Å². The maximum Gasteiger partial charge on any atom is 0.233 e. The summed E-state index contributed by atoms with van der Waals surface area (Å²) in [6, 6.07) is 17.1. The van der Waals surface area contributed by atoms with Crippen molar-refractivity contribution in [3.05, 3.63) is 71.4 Å². The third kappa shape index (κ3) is 4.81. The van der Waals surface area contributed by atoms with Gasteiger partial charge >= 0.3 is 0 Å². The third-order valence-electron chi connectivity index (χ3n) is 5.32. The number of rotatable bonds is 9.